The van der Waals surface area contributed by atoms with E-state index < -0.39 is 0 Å². The largest absolute Gasteiger partial charge is 0.363 e. The molecule has 1 aromatic rings. The summed E-state index contributed by atoms with van der Waals surface area (Å²) in [7, 11) is 4.30. The minimum atomic E-state index is 0.542. The fourth-order valence-electron chi connectivity index (χ4n) is 2.82. The van der Waals surface area contributed by atoms with Crippen LogP contribution in [-0.2, 0) is 0 Å². The number of likely N-dealkylation sites (N-methyl/N-ethyl adjacent to an activating group) is 1. The Kier molecular flexibility index (Phi) is 4.61. The summed E-state index contributed by atoms with van der Waals surface area (Å²) >= 11 is 0. The van der Waals surface area contributed by atoms with Crippen molar-refractivity contribution in [1.82, 2.24) is 10.2 Å². The van der Waals surface area contributed by atoms with Crippen LogP contribution in [0.4, 0.5) is 5.69 Å². The second kappa shape index (κ2) is 6.21. The van der Waals surface area contributed by atoms with Crippen LogP contribution in [0.25, 0.3) is 0 Å². The fourth-order valence-corrected chi connectivity index (χ4v) is 2.82. The van der Waals surface area contributed by atoms with Crippen molar-refractivity contribution in [1.29, 1.82) is 0 Å². The number of rotatable bonds is 3. The lowest BCUT2D eigenvalue weighted by Crippen LogP contribution is -2.49. The van der Waals surface area contributed by atoms with Gasteiger partial charge in [0.15, 0.2) is 0 Å². The van der Waals surface area contributed by atoms with Crippen molar-refractivity contribution >= 4 is 5.69 Å². The predicted octanol–water partition coefficient (Wildman–Crippen LogP) is 1.80. The minimum Gasteiger partial charge on any atom is -0.363 e. The monoisotopic (exact) mass is 247 g/mol. The molecule has 1 aromatic carbocycles. The van der Waals surface area contributed by atoms with Crippen molar-refractivity contribution in [3.05, 3.63) is 30.3 Å². The van der Waals surface area contributed by atoms with Gasteiger partial charge in [0.25, 0.3) is 0 Å². The molecule has 18 heavy (non-hydrogen) atoms. The van der Waals surface area contributed by atoms with Crippen molar-refractivity contribution < 1.29 is 0 Å². The molecule has 0 aliphatic carbocycles. The van der Waals surface area contributed by atoms with Crippen molar-refractivity contribution in [2.75, 3.05) is 38.6 Å². The average Bonchev–Trinajstić information content (AvgIpc) is 2.51. The lowest BCUT2D eigenvalue weighted by molar-refractivity contribution is 0.354. The van der Waals surface area contributed by atoms with Crippen LogP contribution in [0.2, 0.25) is 0 Å². The molecule has 2 atom stereocenters. The van der Waals surface area contributed by atoms with Crippen LogP contribution in [0.5, 0.6) is 0 Å². The maximum Gasteiger partial charge on any atom is 0.0544 e. The number of hydrogen-bond acceptors (Lipinski definition) is 3. The zero-order valence-electron chi connectivity index (χ0n) is 11.8. The van der Waals surface area contributed by atoms with E-state index in [1.807, 2.05) is 0 Å². The molecule has 1 N–H and O–H groups in total. The van der Waals surface area contributed by atoms with E-state index in [1.165, 1.54) is 12.1 Å². The van der Waals surface area contributed by atoms with Crippen molar-refractivity contribution in [2.45, 2.75) is 25.4 Å². The molecule has 3 heteroatoms. The summed E-state index contributed by atoms with van der Waals surface area (Å²) < 4.78 is 0. The standard InChI is InChI=1S/C15H25N3/c1-13-9-10-16-11-15(12-17(2)3)18(13)14-7-5-4-6-8-14/h4-8,13,15-16H,9-12H2,1-3H3. The van der Waals surface area contributed by atoms with Crippen LogP contribution in [-0.4, -0.2) is 50.7 Å². The minimum absolute atomic E-state index is 0.542. The van der Waals surface area contributed by atoms with Gasteiger partial charge in [-0.1, -0.05) is 18.2 Å². The van der Waals surface area contributed by atoms with E-state index >= 15 is 0 Å². The number of benzene rings is 1. The van der Waals surface area contributed by atoms with Gasteiger partial charge < -0.3 is 15.1 Å². The van der Waals surface area contributed by atoms with E-state index in [-0.39, 0.29) is 0 Å². The highest BCUT2D eigenvalue weighted by molar-refractivity contribution is 5.48. The Morgan fingerprint density at radius 1 is 1.28 bits per heavy atom. The van der Waals surface area contributed by atoms with Gasteiger partial charge in [-0.2, -0.15) is 0 Å². The molecule has 3 nitrogen and oxygen atoms in total. The third kappa shape index (κ3) is 3.24. The van der Waals surface area contributed by atoms with E-state index in [9.17, 15) is 0 Å². The normalized spacial score (nSPS) is 25.2. The first kappa shape index (κ1) is 13.4. The first-order valence-electron chi connectivity index (χ1n) is 6.87. The summed E-state index contributed by atoms with van der Waals surface area (Å²) in [6.45, 7) is 5.61. The second-order valence-electron chi connectivity index (χ2n) is 5.50. The maximum absolute atomic E-state index is 3.56. The number of anilines is 1. The summed E-state index contributed by atoms with van der Waals surface area (Å²) in [6, 6.07) is 11.9. The molecule has 1 aliphatic heterocycles. The SMILES string of the molecule is CC1CCNCC(CN(C)C)N1c1ccccc1. The Balaban J connectivity index is 2.23. The summed E-state index contributed by atoms with van der Waals surface area (Å²) in [5, 5.41) is 3.56. The fraction of sp³-hybridized carbons (Fsp3) is 0.600. The highest BCUT2D eigenvalue weighted by Crippen LogP contribution is 2.22. The topological polar surface area (TPSA) is 18.5 Å². The molecule has 1 heterocycles. The van der Waals surface area contributed by atoms with Gasteiger partial charge >= 0.3 is 0 Å². The van der Waals surface area contributed by atoms with E-state index in [0.29, 0.717) is 12.1 Å². The quantitative estimate of drug-likeness (QED) is 0.879. The molecule has 1 fully saturated rings. The number of hydrogen-bond donors (Lipinski definition) is 1. The zero-order chi connectivity index (χ0) is 13.0. The Hall–Kier alpha value is -1.06. The predicted molar refractivity (Wildman–Crippen MR) is 78.2 cm³/mol. The van der Waals surface area contributed by atoms with Gasteiger partial charge in [-0.3, -0.25) is 0 Å². The Morgan fingerprint density at radius 3 is 2.67 bits per heavy atom. The summed E-state index contributed by atoms with van der Waals surface area (Å²) in [6.07, 6.45) is 1.21. The van der Waals surface area contributed by atoms with Crippen LogP contribution in [0.1, 0.15) is 13.3 Å². The number of nitrogens with zero attached hydrogens (tertiary/aromatic N) is 2. The van der Waals surface area contributed by atoms with Gasteiger partial charge in [-0.25, -0.2) is 0 Å². The Bertz CT molecular complexity index is 350. The molecule has 2 unspecified atom stereocenters. The summed E-state index contributed by atoms with van der Waals surface area (Å²) in [5.74, 6) is 0. The molecule has 2 rings (SSSR count). The highest BCUT2D eigenvalue weighted by Gasteiger charge is 2.26. The number of para-hydroxylation sites is 1. The lowest BCUT2D eigenvalue weighted by Gasteiger charge is -2.37. The summed E-state index contributed by atoms with van der Waals surface area (Å²) in [5.41, 5.74) is 1.35. The number of nitrogens with one attached hydrogen (secondary N) is 1. The van der Waals surface area contributed by atoms with Crippen LogP contribution >= 0.6 is 0 Å². The van der Waals surface area contributed by atoms with Crippen LogP contribution in [0.3, 0.4) is 0 Å². The van der Waals surface area contributed by atoms with Gasteiger partial charge in [0.2, 0.25) is 0 Å². The first-order chi connectivity index (χ1) is 8.68. The molecule has 100 valence electrons. The van der Waals surface area contributed by atoms with Gasteiger partial charge in [0, 0.05) is 24.8 Å². The molecule has 0 bridgehead atoms. The molecule has 0 amide bonds. The van der Waals surface area contributed by atoms with Crippen molar-refractivity contribution in [3.63, 3.8) is 0 Å². The molecule has 0 aromatic heterocycles. The molecule has 0 saturated carbocycles. The average molecular weight is 247 g/mol. The van der Waals surface area contributed by atoms with E-state index in [1.54, 1.807) is 0 Å². The maximum atomic E-state index is 3.56. The highest BCUT2D eigenvalue weighted by atomic mass is 15.3. The molecule has 1 aliphatic rings. The van der Waals surface area contributed by atoms with Crippen molar-refractivity contribution in [3.8, 4) is 0 Å². The van der Waals surface area contributed by atoms with Crippen LogP contribution in [0.15, 0.2) is 30.3 Å². The van der Waals surface area contributed by atoms with Gasteiger partial charge in [-0.05, 0) is 46.1 Å². The molecular weight excluding hydrogens is 222 g/mol. The Morgan fingerprint density at radius 2 is 2.00 bits per heavy atom. The third-order valence-electron chi connectivity index (χ3n) is 3.62. The smallest absolute Gasteiger partial charge is 0.0544 e. The van der Waals surface area contributed by atoms with Gasteiger partial charge in [0.1, 0.15) is 0 Å². The van der Waals surface area contributed by atoms with Crippen LogP contribution < -0.4 is 10.2 Å². The first-order valence-corrected chi connectivity index (χ1v) is 6.87. The molecule has 1 saturated heterocycles. The second-order valence-corrected chi connectivity index (χ2v) is 5.50. The van der Waals surface area contributed by atoms with Gasteiger partial charge in [0.05, 0.1) is 6.04 Å². The lowest BCUT2D eigenvalue weighted by atomic mass is 10.1. The summed E-state index contributed by atoms with van der Waals surface area (Å²) in [4.78, 5) is 4.86. The molecular formula is C15H25N3. The van der Waals surface area contributed by atoms with E-state index in [4.69, 9.17) is 0 Å². The van der Waals surface area contributed by atoms with Crippen molar-refractivity contribution in [2.24, 2.45) is 0 Å². The van der Waals surface area contributed by atoms with Crippen LogP contribution in [0, 0.1) is 0 Å². The zero-order valence-corrected chi connectivity index (χ0v) is 11.8. The third-order valence-corrected chi connectivity index (χ3v) is 3.62. The van der Waals surface area contributed by atoms with Gasteiger partial charge in [-0.15, -0.1) is 0 Å². The Labute approximate surface area is 111 Å². The molecule has 0 radical (unpaired) electrons. The van der Waals surface area contributed by atoms with E-state index in [2.05, 4.69) is 66.5 Å². The van der Waals surface area contributed by atoms with E-state index in [0.717, 1.165) is 19.6 Å². The molecule has 0 spiro atoms.